The normalized spacial score (nSPS) is 22.5. The van der Waals surface area contributed by atoms with E-state index in [1.54, 1.807) is 0 Å². The molecule has 1 aliphatic rings. The second-order valence-electron chi connectivity index (χ2n) is 5.89. The van der Waals surface area contributed by atoms with E-state index in [1.165, 1.54) is 11.3 Å². The van der Waals surface area contributed by atoms with E-state index < -0.39 is 0 Å². The van der Waals surface area contributed by atoms with Gasteiger partial charge in [-0.05, 0) is 44.0 Å². The van der Waals surface area contributed by atoms with Crippen molar-refractivity contribution in [3.63, 3.8) is 0 Å². The Morgan fingerprint density at radius 3 is 2.67 bits per heavy atom. The summed E-state index contributed by atoms with van der Waals surface area (Å²) < 4.78 is 5.78. The predicted octanol–water partition coefficient (Wildman–Crippen LogP) is 3.90. The van der Waals surface area contributed by atoms with Crippen LogP contribution < -0.4 is 5.32 Å². The Balaban J connectivity index is 2.02. The first kappa shape index (κ1) is 16.3. The number of hydrogen-bond donors (Lipinski definition) is 1. The van der Waals surface area contributed by atoms with E-state index in [2.05, 4.69) is 55.3 Å². The molecule has 1 aromatic carbocycles. The van der Waals surface area contributed by atoms with Crippen LogP contribution in [-0.4, -0.2) is 36.7 Å². The summed E-state index contributed by atoms with van der Waals surface area (Å²) in [5.41, 5.74) is 2.70. The van der Waals surface area contributed by atoms with Gasteiger partial charge in [-0.1, -0.05) is 39.0 Å². The van der Waals surface area contributed by atoms with Gasteiger partial charge in [-0.2, -0.15) is 0 Å². The van der Waals surface area contributed by atoms with Crippen LogP contribution in [0.25, 0.3) is 0 Å². The van der Waals surface area contributed by atoms with Crippen LogP contribution in [0.1, 0.15) is 45.6 Å². The lowest BCUT2D eigenvalue weighted by molar-refractivity contribution is 0.00924. The van der Waals surface area contributed by atoms with Crippen molar-refractivity contribution in [1.29, 1.82) is 0 Å². The van der Waals surface area contributed by atoms with E-state index in [4.69, 9.17) is 4.74 Å². The molecule has 1 aliphatic heterocycles. The van der Waals surface area contributed by atoms with Gasteiger partial charge in [0.05, 0.1) is 6.10 Å². The molecule has 1 fully saturated rings. The molecule has 1 aromatic rings. The molecule has 2 atom stereocenters. The molecule has 0 amide bonds. The maximum atomic E-state index is 5.78. The molecule has 118 valence electrons. The summed E-state index contributed by atoms with van der Waals surface area (Å²) in [6, 6.07) is 9.28. The minimum absolute atomic E-state index is 0.422. The van der Waals surface area contributed by atoms with E-state index in [1.807, 2.05) is 0 Å². The summed E-state index contributed by atoms with van der Waals surface area (Å²) in [5, 5.41) is 3.76. The summed E-state index contributed by atoms with van der Waals surface area (Å²) in [7, 11) is 0. The third-order valence-electron chi connectivity index (χ3n) is 4.49. The second-order valence-corrected chi connectivity index (χ2v) is 5.89. The van der Waals surface area contributed by atoms with Gasteiger partial charge in [0, 0.05) is 24.9 Å². The van der Waals surface area contributed by atoms with E-state index >= 15 is 0 Å². The van der Waals surface area contributed by atoms with Gasteiger partial charge < -0.3 is 10.1 Å². The molecule has 3 heteroatoms. The Hall–Kier alpha value is -1.06. The van der Waals surface area contributed by atoms with Crippen molar-refractivity contribution < 1.29 is 4.74 Å². The minimum atomic E-state index is 0.422. The SMILES string of the molecule is CCC1CC(Nc2ccccc2CN(CC)CC)CCO1. The van der Waals surface area contributed by atoms with E-state index in [9.17, 15) is 0 Å². The molecular formula is C18H30N2O. The predicted molar refractivity (Wildman–Crippen MR) is 89.7 cm³/mol. The molecule has 0 bridgehead atoms. The largest absolute Gasteiger partial charge is 0.382 e. The van der Waals surface area contributed by atoms with E-state index in [-0.39, 0.29) is 0 Å². The number of ether oxygens (including phenoxy) is 1. The molecule has 2 unspecified atom stereocenters. The van der Waals surface area contributed by atoms with Crippen molar-refractivity contribution in [3.05, 3.63) is 29.8 Å². The average Bonchev–Trinajstić information content (AvgIpc) is 2.54. The highest BCUT2D eigenvalue weighted by molar-refractivity contribution is 5.51. The fourth-order valence-corrected chi connectivity index (χ4v) is 3.00. The van der Waals surface area contributed by atoms with Gasteiger partial charge in [0.1, 0.15) is 0 Å². The third-order valence-corrected chi connectivity index (χ3v) is 4.49. The number of nitrogens with one attached hydrogen (secondary N) is 1. The van der Waals surface area contributed by atoms with Crippen molar-refractivity contribution in [2.45, 2.75) is 58.7 Å². The number of hydrogen-bond acceptors (Lipinski definition) is 3. The number of nitrogens with zero attached hydrogens (tertiary/aromatic N) is 1. The maximum Gasteiger partial charge on any atom is 0.0592 e. The molecule has 1 heterocycles. The quantitative estimate of drug-likeness (QED) is 0.824. The van der Waals surface area contributed by atoms with Crippen molar-refractivity contribution in [2.75, 3.05) is 25.0 Å². The van der Waals surface area contributed by atoms with Gasteiger partial charge in [0.15, 0.2) is 0 Å². The highest BCUT2D eigenvalue weighted by Gasteiger charge is 2.21. The molecule has 1 saturated heterocycles. The van der Waals surface area contributed by atoms with Gasteiger partial charge in [-0.25, -0.2) is 0 Å². The van der Waals surface area contributed by atoms with Crippen molar-refractivity contribution >= 4 is 5.69 Å². The molecule has 2 rings (SSSR count). The first-order valence-electron chi connectivity index (χ1n) is 8.45. The fraction of sp³-hybridized carbons (Fsp3) is 0.667. The molecule has 0 radical (unpaired) electrons. The molecular weight excluding hydrogens is 260 g/mol. The number of para-hydroxylation sites is 1. The molecule has 0 saturated carbocycles. The lowest BCUT2D eigenvalue weighted by Gasteiger charge is -2.31. The zero-order valence-electron chi connectivity index (χ0n) is 13.8. The number of benzene rings is 1. The summed E-state index contributed by atoms with van der Waals surface area (Å²) in [6.45, 7) is 10.8. The molecule has 3 nitrogen and oxygen atoms in total. The van der Waals surface area contributed by atoms with Crippen LogP contribution in [0, 0.1) is 0 Å². The monoisotopic (exact) mass is 290 g/mol. The van der Waals surface area contributed by atoms with Crippen LogP contribution in [0.5, 0.6) is 0 Å². The van der Waals surface area contributed by atoms with Crippen LogP contribution in [0.3, 0.4) is 0 Å². The lowest BCUT2D eigenvalue weighted by Crippen LogP contribution is -2.34. The third kappa shape index (κ3) is 4.72. The van der Waals surface area contributed by atoms with Crippen LogP contribution in [0.2, 0.25) is 0 Å². The van der Waals surface area contributed by atoms with Gasteiger partial charge in [0.2, 0.25) is 0 Å². The van der Waals surface area contributed by atoms with E-state index in [0.717, 1.165) is 45.5 Å². The van der Waals surface area contributed by atoms with Crippen LogP contribution in [0.15, 0.2) is 24.3 Å². The van der Waals surface area contributed by atoms with Crippen molar-refractivity contribution in [2.24, 2.45) is 0 Å². The number of rotatable bonds is 7. The molecule has 21 heavy (non-hydrogen) atoms. The van der Waals surface area contributed by atoms with Gasteiger partial charge in [-0.15, -0.1) is 0 Å². The second kappa shape index (κ2) is 8.40. The van der Waals surface area contributed by atoms with Crippen LogP contribution in [-0.2, 0) is 11.3 Å². The standard InChI is InChI=1S/C18H30N2O/c1-4-17-13-16(11-12-21-17)19-18-10-8-7-9-15(18)14-20(5-2)6-3/h7-10,16-17,19H,4-6,11-14H2,1-3H3. The van der Waals surface area contributed by atoms with Gasteiger partial charge >= 0.3 is 0 Å². The molecule has 1 N–H and O–H groups in total. The average molecular weight is 290 g/mol. The Labute approximate surface area is 129 Å². The zero-order chi connectivity index (χ0) is 15.1. The van der Waals surface area contributed by atoms with Gasteiger partial charge in [-0.3, -0.25) is 4.90 Å². The molecule has 0 aliphatic carbocycles. The lowest BCUT2D eigenvalue weighted by atomic mass is 10.0. The summed E-state index contributed by atoms with van der Waals surface area (Å²) in [6.07, 6.45) is 3.76. The fourth-order valence-electron chi connectivity index (χ4n) is 3.00. The first-order valence-corrected chi connectivity index (χ1v) is 8.45. The first-order chi connectivity index (χ1) is 10.3. The minimum Gasteiger partial charge on any atom is -0.382 e. The Morgan fingerprint density at radius 1 is 1.19 bits per heavy atom. The smallest absolute Gasteiger partial charge is 0.0592 e. The topological polar surface area (TPSA) is 24.5 Å². The highest BCUT2D eigenvalue weighted by Crippen LogP contribution is 2.23. The van der Waals surface area contributed by atoms with E-state index in [0.29, 0.717) is 12.1 Å². The summed E-state index contributed by atoms with van der Waals surface area (Å²) >= 11 is 0. The van der Waals surface area contributed by atoms with Crippen LogP contribution in [0.4, 0.5) is 5.69 Å². The van der Waals surface area contributed by atoms with Crippen LogP contribution >= 0.6 is 0 Å². The Morgan fingerprint density at radius 2 is 1.95 bits per heavy atom. The summed E-state index contributed by atoms with van der Waals surface area (Å²) in [4.78, 5) is 2.46. The summed E-state index contributed by atoms with van der Waals surface area (Å²) in [5.74, 6) is 0. The zero-order valence-corrected chi connectivity index (χ0v) is 13.8. The Kier molecular flexibility index (Phi) is 6.52. The highest BCUT2D eigenvalue weighted by atomic mass is 16.5. The number of anilines is 1. The Bertz CT molecular complexity index is 417. The molecule has 0 spiro atoms. The maximum absolute atomic E-state index is 5.78. The van der Waals surface area contributed by atoms with Crippen molar-refractivity contribution in [1.82, 2.24) is 4.90 Å². The molecule has 0 aromatic heterocycles. The van der Waals surface area contributed by atoms with Crippen molar-refractivity contribution in [3.8, 4) is 0 Å². The van der Waals surface area contributed by atoms with Gasteiger partial charge in [0.25, 0.3) is 0 Å².